The molecule has 0 spiro atoms. The van der Waals surface area contributed by atoms with Crippen molar-refractivity contribution < 1.29 is 4.79 Å². The zero-order valence-corrected chi connectivity index (χ0v) is 17.2. The molecule has 4 rings (SSSR count). The second kappa shape index (κ2) is 7.51. The van der Waals surface area contributed by atoms with Crippen LogP contribution in [0.5, 0.6) is 0 Å². The quantitative estimate of drug-likeness (QED) is 0.439. The van der Waals surface area contributed by atoms with Crippen molar-refractivity contribution in [3.05, 3.63) is 59.9 Å². The van der Waals surface area contributed by atoms with Crippen LogP contribution in [0.1, 0.15) is 55.6 Å². The molecule has 0 N–H and O–H groups in total. The van der Waals surface area contributed by atoms with Crippen LogP contribution in [0.3, 0.4) is 0 Å². The maximum atomic E-state index is 12.7. The molecule has 1 aromatic carbocycles. The minimum absolute atomic E-state index is 0.0837. The summed E-state index contributed by atoms with van der Waals surface area (Å²) < 4.78 is 2.18. The number of hydrogen-bond donors (Lipinski definition) is 0. The zero-order chi connectivity index (χ0) is 19.7. The standard InChI is InChI=1S/C22H24N4OS/c1-22(2,3)17-6-4-15(5-7-17)19(27)14-28-21-25-24-20(26(21)18-8-9-18)16-10-12-23-13-11-16/h4-7,10-13,18H,8-9,14H2,1-3H3. The first-order valence-corrected chi connectivity index (χ1v) is 10.5. The normalized spacial score (nSPS) is 14.2. The Bertz CT molecular complexity index is 970. The first-order valence-electron chi connectivity index (χ1n) is 9.55. The molecule has 1 fully saturated rings. The van der Waals surface area contributed by atoms with Crippen LogP contribution in [-0.2, 0) is 5.41 Å². The molecular weight excluding hydrogens is 368 g/mol. The number of ketones is 1. The van der Waals surface area contributed by atoms with Crippen molar-refractivity contribution in [2.24, 2.45) is 0 Å². The first-order chi connectivity index (χ1) is 13.4. The molecule has 28 heavy (non-hydrogen) atoms. The third-order valence-corrected chi connectivity index (χ3v) is 5.86. The molecule has 2 aromatic heterocycles. The second-order valence-electron chi connectivity index (χ2n) is 8.18. The van der Waals surface area contributed by atoms with Crippen LogP contribution in [-0.4, -0.2) is 31.3 Å². The highest BCUT2D eigenvalue weighted by atomic mass is 32.2. The Morgan fingerprint density at radius 1 is 1.07 bits per heavy atom. The first kappa shape index (κ1) is 18.9. The highest BCUT2D eigenvalue weighted by Gasteiger charge is 2.30. The SMILES string of the molecule is CC(C)(C)c1ccc(C(=O)CSc2nnc(-c3ccncc3)n2C2CC2)cc1. The van der Waals surface area contributed by atoms with Crippen molar-refractivity contribution in [2.45, 2.75) is 50.2 Å². The molecule has 1 saturated carbocycles. The van der Waals surface area contributed by atoms with Gasteiger partial charge in [0, 0.05) is 29.6 Å². The fourth-order valence-corrected chi connectivity index (χ4v) is 4.00. The lowest BCUT2D eigenvalue weighted by Gasteiger charge is -2.18. The smallest absolute Gasteiger partial charge is 0.192 e. The molecule has 3 aromatic rings. The fourth-order valence-electron chi connectivity index (χ4n) is 3.10. The molecule has 1 aliphatic carbocycles. The van der Waals surface area contributed by atoms with E-state index in [4.69, 9.17) is 0 Å². The van der Waals surface area contributed by atoms with Gasteiger partial charge in [-0.3, -0.25) is 14.3 Å². The number of hydrogen-bond acceptors (Lipinski definition) is 5. The third-order valence-electron chi connectivity index (χ3n) is 4.92. The van der Waals surface area contributed by atoms with Gasteiger partial charge in [-0.05, 0) is 36.0 Å². The summed E-state index contributed by atoms with van der Waals surface area (Å²) in [5.74, 6) is 1.33. The minimum atomic E-state index is 0.0837. The lowest BCUT2D eigenvalue weighted by Crippen LogP contribution is -2.11. The predicted octanol–water partition coefficient (Wildman–Crippen LogP) is 4.95. The van der Waals surface area contributed by atoms with E-state index in [1.54, 1.807) is 12.4 Å². The van der Waals surface area contributed by atoms with E-state index in [0.29, 0.717) is 11.8 Å². The molecule has 0 bridgehead atoms. The van der Waals surface area contributed by atoms with Gasteiger partial charge < -0.3 is 0 Å². The number of carbonyl (C=O) groups is 1. The van der Waals surface area contributed by atoms with Crippen molar-refractivity contribution >= 4 is 17.5 Å². The molecule has 0 amide bonds. The van der Waals surface area contributed by atoms with E-state index in [2.05, 4.69) is 40.5 Å². The monoisotopic (exact) mass is 392 g/mol. The van der Waals surface area contributed by atoms with Gasteiger partial charge >= 0.3 is 0 Å². The van der Waals surface area contributed by atoms with Gasteiger partial charge in [0.25, 0.3) is 0 Å². The number of aromatic nitrogens is 4. The summed E-state index contributed by atoms with van der Waals surface area (Å²) in [4.78, 5) is 16.7. The van der Waals surface area contributed by atoms with Crippen molar-refractivity contribution in [2.75, 3.05) is 5.75 Å². The van der Waals surface area contributed by atoms with E-state index in [-0.39, 0.29) is 11.2 Å². The van der Waals surface area contributed by atoms with Gasteiger partial charge in [-0.25, -0.2) is 0 Å². The molecule has 0 aliphatic heterocycles. The Morgan fingerprint density at radius 2 is 1.75 bits per heavy atom. The summed E-state index contributed by atoms with van der Waals surface area (Å²) in [6.45, 7) is 6.51. The van der Waals surface area contributed by atoms with Gasteiger partial charge in [-0.1, -0.05) is 56.8 Å². The molecule has 0 atom stereocenters. The number of Topliss-reactive ketones (excluding diaryl/α,β-unsaturated/α-hetero) is 1. The van der Waals surface area contributed by atoms with Crippen LogP contribution < -0.4 is 0 Å². The Hall–Kier alpha value is -2.47. The summed E-state index contributed by atoms with van der Waals surface area (Å²) in [5, 5.41) is 9.57. The van der Waals surface area contributed by atoms with Gasteiger partial charge in [-0.2, -0.15) is 0 Å². The lowest BCUT2D eigenvalue weighted by molar-refractivity contribution is 0.102. The van der Waals surface area contributed by atoms with E-state index in [0.717, 1.165) is 34.9 Å². The van der Waals surface area contributed by atoms with Crippen LogP contribution >= 0.6 is 11.8 Å². The summed E-state index contributed by atoms with van der Waals surface area (Å²) in [7, 11) is 0. The van der Waals surface area contributed by atoms with E-state index in [1.807, 2.05) is 36.4 Å². The lowest BCUT2D eigenvalue weighted by atomic mass is 9.86. The maximum absolute atomic E-state index is 12.7. The molecule has 1 aliphatic rings. The average molecular weight is 393 g/mol. The van der Waals surface area contributed by atoms with Crippen LogP contribution in [0.2, 0.25) is 0 Å². The molecular formula is C22H24N4OS. The maximum Gasteiger partial charge on any atom is 0.192 e. The highest BCUT2D eigenvalue weighted by molar-refractivity contribution is 7.99. The Kier molecular flexibility index (Phi) is 5.06. The average Bonchev–Trinajstić information content (AvgIpc) is 3.45. The molecule has 2 heterocycles. The predicted molar refractivity (Wildman–Crippen MR) is 112 cm³/mol. The highest BCUT2D eigenvalue weighted by Crippen LogP contribution is 2.41. The van der Waals surface area contributed by atoms with Crippen molar-refractivity contribution in [3.63, 3.8) is 0 Å². The third kappa shape index (κ3) is 4.02. The van der Waals surface area contributed by atoms with E-state index in [1.165, 1.54) is 17.3 Å². The van der Waals surface area contributed by atoms with Crippen molar-refractivity contribution in [3.8, 4) is 11.4 Å². The van der Waals surface area contributed by atoms with Gasteiger partial charge in [0.2, 0.25) is 0 Å². The van der Waals surface area contributed by atoms with Gasteiger partial charge in [0.1, 0.15) is 0 Å². The van der Waals surface area contributed by atoms with Gasteiger partial charge in [0.05, 0.1) is 5.75 Å². The zero-order valence-electron chi connectivity index (χ0n) is 16.4. The fraction of sp³-hybridized carbons (Fsp3) is 0.364. The van der Waals surface area contributed by atoms with Crippen molar-refractivity contribution in [1.29, 1.82) is 0 Å². The number of benzene rings is 1. The molecule has 0 unspecified atom stereocenters. The number of nitrogens with zero attached hydrogens (tertiary/aromatic N) is 4. The molecule has 6 heteroatoms. The number of pyridine rings is 1. The summed E-state index contributed by atoms with van der Waals surface area (Å²) in [6, 6.07) is 12.3. The topological polar surface area (TPSA) is 60.7 Å². The second-order valence-corrected chi connectivity index (χ2v) is 9.12. The largest absolute Gasteiger partial charge is 0.299 e. The Balaban J connectivity index is 1.49. The number of thioether (sulfide) groups is 1. The molecule has 5 nitrogen and oxygen atoms in total. The van der Waals surface area contributed by atoms with E-state index < -0.39 is 0 Å². The van der Waals surface area contributed by atoms with Gasteiger partial charge in [-0.15, -0.1) is 10.2 Å². The molecule has 144 valence electrons. The minimum Gasteiger partial charge on any atom is -0.299 e. The van der Waals surface area contributed by atoms with Crippen LogP contribution in [0.25, 0.3) is 11.4 Å². The summed E-state index contributed by atoms with van der Waals surface area (Å²) >= 11 is 1.47. The summed E-state index contributed by atoms with van der Waals surface area (Å²) in [6.07, 6.45) is 5.79. The number of carbonyl (C=O) groups excluding carboxylic acids is 1. The molecule has 0 radical (unpaired) electrons. The van der Waals surface area contributed by atoms with E-state index >= 15 is 0 Å². The van der Waals surface area contributed by atoms with Crippen molar-refractivity contribution in [1.82, 2.24) is 19.7 Å². The number of rotatable bonds is 6. The van der Waals surface area contributed by atoms with Crippen LogP contribution in [0.4, 0.5) is 0 Å². The Morgan fingerprint density at radius 3 is 2.36 bits per heavy atom. The van der Waals surface area contributed by atoms with Crippen LogP contribution in [0, 0.1) is 0 Å². The molecule has 0 saturated heterocycles. The van der Waals surface area contributed by atoms with Gasteiger partial charge in [0.15, 0.2) is 16.8 Å². The Labute approximate surface area is 169 Å². The van der Waals surface area contributed by atoms with Crippen LogP contribution in [0.15, 0.2) is 53.9 Å². The van der Waals surface area contributed by atoms with E-state index in [9.17, 15) is 4.79 Å². The summed E-state index contributed by atoms with van der Waals surface area (Å²) in [5.41, 5.74) is 3.06.